The van der Waals surface area contributed by atoms with E-state index in [4.69, 9.17) is 4.74 Å². The van der Waals surface area contributed by atoms with Crippen LogP contribution in [0.5, 0.6) is 5.75 Å². The molecule has 0 saturated carbocycles. The van der Waals surface area contributed by atoms with Crippen LogP contribution in [0.4, 0.5) is 0 Å². The second-order valence-electron chi connectivity index (χ2n) is 5.29. The normalized spacial score (nSPS) is 18.8. The Morgan fingerprint density at radius 1 is 1.10 bits per heavy atom. The van der Waals surface area contributed by atoms with Gasteiger partial charge in [-0.2, -0.15) is 0 Å². The average Bonchev–Trinajstić information content (AvgIpc) is 2.33. The standard InChI is InChI=1S/C15H12O4.Na/c1-15(2)6-5-8-12(19-15)4-3-9-13(8)10(16)7-11(17)14(9)18;/h3-6H,7H2,1-2H3;/q;+1. The van der Waals surface area contributed by atoms with Crippen LogP contribution in [0.15, 0.2) is 18.2 Å². The predicted molar refractivity (Wildman–Crippen MR) is 68.5 cm³/mol. The van der Waals surface area contributed by atoms with Crippen LogP contribution in [0.2, 0.25) is 0 Å². The summed E-state index contributed by atoms with van der Waals surface area (Å²) in [6.45, 7) is 3.81. The van der Waals surface area contributed by atoms with Crippen molar-refractivity contribution >= 4 is 23.4 Å². The van der Waals surface area contributed by atoms with Gasteiger partial charge in [-0.05, 0) is 32.1 Å². The van der Waals surface area contributed by atoms with Crippen molar-refractivity contribution in [3.05, 3.63) is 34.9 Å². The molecule has 2 aliphatic rings. The molecule has 1 aliphatic heterocycles. The molecular formula is C15H12NaO4+. The van der Waals surface area contributed by atoms with Gasteiger partial charge in [0.05, 0.1) is 6.42 Å². The summed E-state index contributed by atoms with van der Waals surface area (Å²) in [5.41, 5.74) is 0.656. The third kappa shape index (κ3) is 2.28. The zero-order valence-electron chi connectivity index (χ0n) is 11.6. The molecule has 0 fully saturated rings. The Labute approximate surface area is 138 Å². The molecular weight excluding hydrogens is 267 g/mol. The Hall–Kier alpha value is -1.23. The fourth-order valence-electron chi connectivity index (χ4n) is 2.41. The third-order valence-corrected chi connectivity index (χ3v) is 3.33. The van der Waals surface area contributed by atoms with Gasteiger partial charge in [0.1, 0.15) is 11.4 Å². The van der Waals surface area contributed by atoms with Gasteiger partial charge in [-0.25, -0.2) is 0 Å². The van der Waals surface area contributed by atoms with Crippen LogP contribution in [-0.4, -0.2) is 23.0 Å². The Morgan fingerprint density at radius 2 is 1.80 bits per heavy atom. The Morgan fingerprint density at radius 3 is 2.50 bits per heavy atom. The molecule has 4 nitrogen and oxygen atoms in total. The molecule has 0 amide bonds. The van der Waals surface area contributed by atoms with Crippen molar-refractivity contribution in [1.82, 2.24) is 0 Å². The minimum Gasteiger partial charge on any atom is -0.483 e. The van der Waals surface area contributed by atoms with Crippen LogP contribution < -0.4 is 34.3 Å². The molecule has 0 N–H and O–H groups in total. The molecule has 0 spiro atoms. The summed E-state index contributed by atoms with van der Waals surface area (Å²) in [7, 11) is 0. The predicted octanol–water partition coefficient (Wildman–Crippen LogP) is -0.787. The van der Waals surface area contributed by atoms with E-state index in [9.17, 15) is 14.4 Å². The SMILES string of the molecule is CC1(C)C=Cc2c(ccc3c2C(=O)CC(=O)C3=O)O1.[Na+]. The number of ketones is 3. The fraction of sp³-hybridized carbons (Fsp3) is 0.267. The van der Waals surface area contributed by atoms with E-state index in [2.05, 4.69) is 0 Å². The maximum Gasteiger partial charge on any atom is 1.00 e. The van der Waals surface area contributed by atoms with E-state index in [-0.39, 0.29) is 47.3 Å². The Bertz CT molecular complexity index is 671. The number of Topliss-reactive ketones (excluding diaryl/α,β-unsaturated/α-hetero) is 3. The van der Waals surface area contributed by atoms with Gasteiger partial charge < -0.3 is 4.74 Å². The molecule has 1 aromatic rings. The number of carbonyl (C=O) groups excluding carboxylic acids is 3. The number of hydrogen-bond donors (Lipinski definition) is 0. The number of carbonyl (C=O) groups is 3. The van der Waals surface area contributed by atoms with E-state index < -0.39 is 17.2 Å². The van der Waals surface area contributed by atoms with Crippen LogP contribution in [0.3, 0.4) is 0 Å². The van der Waals surface area contributed by atoms with Crippen molar-refractivity contribution in [3.63, 3.8) is 0 Å². The summed E-state index contributed by atoms with van der Waals surface area (Å²) in [6.07, 6.45) is 3.28. The van der Waals surface area contributed by atoms with Gasteiger partial charge in [0.15, 0.2) is 5.78 Å². The van der Waals surface area contributed by atoms with Gasteiger partial charge in [0.25, 0.3) is 0 Å². The minimum atomic E-state index is -0.640. The molecule has 0 bridgehead atoms. The summed E-state index contributed by atoms with van der Waals surface area (Å²) in [5, 5.41) is 0. The van der Waals surface area contributed by atoms with Gasteiger partial charge in [0, 0.05) is 16.7 Å². The molecule has 0 aromatic heterocycles. The van der Waals surface area contributed by atoms with Crippen molar-refractivity contribution in [3.8, 4) is 5.75 Å². The summed E-state index contributed by atoms with van der Waals surface area (Å²) in [6, 6.07) is 3.14. The maximum absolute atomic E-state index is 12.0. The molecule has 1 heterocycles. The molecule has 3 rings (SSSR count). The van der Waals surface area contributed by atoms with Crippen LogP contribution in [-0.2, 0) is 4.79 Å². The third-order valence-electron chi connectivity index (χ3n) is 3.33. The van der Waals surface area contributed by atoms with E-state index in [1.165, 1.54) is 6.07 Å². The van der Waals surface area contributed by atoms with Crippen molar-refractivity contribution in [2.45, 2.75) is 25.9 Å². The molecule has 0 saturated heterocycles. The van der Waals surface area contributed by atoms with Gasteiger partial charge >= 0.3 is 29.6 Å². The largest absolute Gasteiger partial charge is 1.00 e. The topological polar surface area (TPSA) is 60.4 Å². The summed E-state index contributed by atoms with van der Waals surface area (Å²) >= 11 is 0. The Balaban J connectivity index is 0.00000147. The van der Waals surface area contributed by atoms with Crippen molar-refractivity contribution in [2.24, 2.45) is 0 Å². The number of ether oxygens (including phenoxy) is 1. The van der Waals surface area contributed by atoms with Crippen LogP contribution in [0, 0.1) is 0 Å². The Kier molecular flexibility index (Phi) is 3.75. The van der Waals surface area contributed by atoms with Crippen molar-refractivity contribution in [2.75, 3.05) is 0 Å². The molecule has 1 aromatic carbocycles. The number of hydrogen-bond acceptors (Lipinski definition) is 4. The second kappa shape index (κ2) is 4.95. The van der Waals surface area contributed by atoms with Crippen molar-refractivity contribution < 1.29 is 48.7 Å². The van der Waals surface area contributed by atoms with Crippen LogP contribution >= 0.6 is 0 Å². The average molecular weight is 279 g/mol. The first-order valence-corrected chi connectivity index (χ1v) is 6.05. The first kappa shape index (κ1) is 15.2. The van der Waals surface area contributed by atoms with Crippen LogP contribution in [0.25, 0.3) is 6.08 Å². The van der Waals surface area contributed by atoms with E-state index in [0.717, 1.165) is 0 Å². The van der Waals surface area contributed by atoms with Crippen molar-refractivity contribution in [1.29, 1.82) is 0 Å². The van der Waals surface area contributed by atoms with Crippen LogP contribution in [0.1, 0.15) is 46.5 Å². The zero-order valence-corrected chi connectivity index (χ0v) is 13.6. The number of benzene rings is 1. The molecule has 1 aliphatic carbocycles. The van der Waals surface area contributed by atoms with E-state index in [0.29, 0.717) is 16.9 Å². The molecule has 20 heavy (non-hydrogen) atoms. The number of fused-ring (bicyclic) bond motifs is 3. The van der Waals surface area contributed by atoms with Gasteiger partial charge in [-0.1, -0.05) is 6.08 Å². The smallest absolute Gasteiger partial charge is 0.483 e. The monoisotopic (exact) mass is 279 g/mol. The summed E-state index contributed by atoms with van der Waals surface area (Å²) in [5.74, 6) is -0.972. The summed E-state index contributed by atoms with van der Waals surface area (Å²) < 4.78 is 5.76. The summed E-state index contributed by atoms with van der Waals surface area (Å²) in [4.78, 5) is 35.2. The quantitative estimate of drug-likeness (QED) is 0.355. The molecule has 5 heteroatoms. The molecule has 0 atom stereocenters. The second-order valence-corrected chi connectivity index (χ2v) is 5.29. The number of rotatable bonds is 0. The van der Waals surface area contributed by atoms with Gasteiger partial charge in [-0.15, -0.1) is 0 Å². The van der Waals surface area contributed by atoms with E-state index in [1.54, 1.807) is 12.1 Å². The molecule has 0 radical (unpaired) electrons. The first-order valence-electron chi connectivity index (χ1n) is 6.05. The molecule has 0 unspecified atom stereocenters. The maximum atomic E-state index is 12.0. The first-order chi connectivity index (χ1) is 8.89. The minimum absolute atomic E-state index is 0. The fourth-order valence-corrected chi connectivity index (χ4v) is 2.41. The van der Waals surface area contributed by atoms with Gasteiger partial charge in [0.2, 0.25) is 11.6 Å². The van der Waals surface area contributed by atoms with E-state index in [1.807, 2.05) is 19.9 Å². The zero-order chi connectivity index (χ0) is 13.8. The molecule has 96 valence electrons. The van der Waals surface area contributed by atoms with Gasteiger partial charge in [-0.3, -0.25) is 14.4 Å². The van der Waals surface area contributed by atoms with E-state index >= 15 is 0 Å².